The lowest BCUT2D eigenvalue weighted by Crippen LogP contribution is -2.23. The summed E-state index contributed by atoms with van der Waals surface area (Å²) < 4.78 is 39.9. The summed E-state index contributed by atoms with van der Waals surface area (Å²) in [6.45, 7) is -0.312. The summed E-state index contributed by atoms with van der Waals surface area (Å²) in [6.07, 6.45) is -5.19. The van der Waals surface area contributed by atoms with Gasteiger partial charge in [-0.25, -0.2) is 0 Å². The molecule has 0 aliphatic heterocycles. The van der Waals surface area contributed by atoms with Crippen LogP contribution in [0.1, 0.15) is 11.3 Å². The predicted molar refractivity (Wildman–Crippen MR) is 51.0 cm³/mol. The number of hydrogen-bond acceptors (Lipinski definition) is 4. The minimum atomic E-state index is -4.88. The van der Waals surface area contributed by atoms with Crippen LogP contribution in [0.3, 0.4) is 0 Å². The Bertz CT molecular complexity index is 502. The second-order valence-electron chi connectivity index (χ2n) is 3.05. The molecule has 3 N–H and O–H groups in total. The number of hydrogen-bond donors (Lipinski definition) is 2. The van der Waals surface area contributed by atoms with Gasteiger partial charge < -0.3 is 15.5 Å². The highest BCUT2D eigenvalue weighted by atomic mass is 19.4. The number of nitriles is 1. The minimum Gasteiger partial charge on any atom is -0.404 e. The lowest BCUT2D eigenvalue weighted by atomic mass is 10.2. The Morgan fingerprint density at radius 3 is 2.65 bits per heavy atom. The molecule has 0 bridgehead atoms. The molecule has 0 atom stereocenters. The summed E-state index contributed by atoms with van der Waals surface area (Å²) in [6, 6.07) is 2.54. The van der Waals surface area contributed by atoms with Crippen LogP contribution in [0.4, 0.5) is 13.2 Å². The van der Waals surface area contributed by atoms with Gasteiger partial charge in [-0.2, -0.15) is 5.26 Å². The van der Waals surface area contributed by atoms with E-state index in [4.69, 9.17) is 11.0 Å². The molecule has 5 nitrogen and oxygen atoms in total. The molecule has 1 rings (SSSR count). The molecule has 0 aliphatic rings. The van der Waals surface area contributed by atoms with Gasteiger partial charge >= 0.3 is 6.36 Å². The van der Waals surface area contributed by atoms with E-state index in [1.807, 2.05) is 0 Å². The summed E-state index contributed by atoms with van der Waals surface area (Å²) >= 11 is 0. The normalized spacial score (nSPS) is 11.0. The van der Waals surface area contributed by atoms with E-state index in [0.717, 1.165) is 6.07 Å². The predicted octanol–water partition coefficient (Wildman–Crippen LogP) is 0.798. The summed E-state index contributed by atoms with van der Waals surface area (Å²) in [5.74, 6) is -0.593. The third kappa shape index (κ3) is 3.49. The van der Waals surface area contributed by atoms with Gasteiger partial charge in [0.25, 0.3) is 5.56 Å². The minimum absolute atomic E-state index is 0.107. The highest BCUT2D eigenvalue weighted by Gasteiger charge is 2.32. The second kappa shape index (κ2) is 4.88. The Balaban J connectivity index is 3.23. The molecule has 1 heterocycles. The molecule has 0 saturated carbocycles. The van der Waals surface area contributed by atoms with Crippen molar-refractivity contribution in [1.29, 1.82) is 5.26 Å². The van der Waals surface area contributed by atoms with Crippen molar-refractivity contribution in [3.05, 3.63) is 27.7 Å². The highest BCUT2D eigenvalue weighted by Crippen LogP contribution is 2.25. The second-order valence-corrected chi connectivity index (χ2v) is 3.05. The van der Waals surface area contributed by atoms with Gasteiger partial charge in [0.2, 0.25) is 0 Å². The maximum absolute atomic E-state index is 12.1. The van der Waals surface area contributed by atoms with Crippen molar-refractivity contribution in [2.45, 2.75) is 19.3 Å². The van der Waals surface area contributed by atoms with E-state index in [1.54, 1.807) is 6.07 Å². The van der Waals surface area contributed by atoms with Gasteiger partial charge in [-0.3, -0.25) is 4.79 Å². The number of pyridine rings is 1. The number of nitrogens with two attached hydrogens (primary N) is 1. The molecule has 0 radical (unpaired) electrons. The summed E-state index contributed by atoms with van der Waals surface area (Å²) in [7, 11) is 0. The number of aromatic amines is 1. The average Bonchev–Trinajstić information content (AvgIpc) is 2.20. The Morgan fingerprint density at radius 2 is 2.18 bits per heavy atom. The molecular weight excluding hydrogens is 239 g/mol. The molecule has 8 heteroatoms. The molecule has 0 fully saturated rings. The van der Waals surface area contributed by atoms with E-state index in [1.165, 1.54) is 0 Å². The Kier molecular flexibility index (Phi) is 3.75. The number of rotatable bonds is 3. The van der Waals surface area contributed by atoms with Crippen molar-refractivity contribution in [1.82, 2.24) is 4.98 Å². The first kappa shape index (κ1) is 13.1. The molecule has 0 aliphatic carbocycles. The largest absolute Gasteiger partial charge is 0.573 e. The average molecular weight is 247 g/mol. The van der Waals surface area contributed by atoms with Crippen molar-refractivity contribution < 1.29 is 17.9 Å². The summed E-state index contributed by atoms with van der Waals surface area (Å²) in [5.41, 5.74) is 4.25. The van der Waals surface area contributed by atoms with Crippen LogP contribution in [-0.2, 0) is 13.0 Å². The number of H-pyrrole nitrogens is 1. The molecule has 0 saturated heterocycles. The van der Waals surface area contributed by atoms with Crippen molar-refractivity contribution in [3.63, 3.8) is 0 Å². The van der Waals surface area contributed by atoms with Gasteiger partial charge in [0, 0.05) is 12.1 Å². The first-order chi connectivity index (χ1) is 7.87. The zero-order chi connectivity index (χ0) is 13.1. The van der Waals surface area contributed by atoms with Gasteiger partial charge in [-0.15, -0.1) is 13.2 Å². The van der Waals surface area contributed by atoms with Crippen LogP contribution in [0.25, 0.3) is 0 Å². The van der Waals surface area contributed by atoms with Crippen molar-refractivity contribution in [2.75, 3.05) is 0 Å². The number of nitrogens with zero attached hydrogens (tertiary/aromatic N) is 1. The van der Waals surface area contributed by atoms with E-state index in [2.05, 4.69) is 9.72 Å². The van der Waals surface area contributed by atoms with Crippen LogP contribution in [0.2, 0.25) is 0 Å². The number of aromatic nitrogens is 1. The maximum atomic E-state index is 12.1. The van der Waals surface area contributed by atoms with Crippen molar-refractivity contribution in [3.8, 4) is 11.8 Å². The lowest BCUT2D eigenvalue weighted by molar-refractivity contribution is -0.275. The maximum Gasteiger partial charge on any atom is 0.573 e. The molecule has 0 aromatic carbocycles. The number of halogens is 3. The Labute approximate surface area is 93.6 Å². The van der Waals surface area contributed by atoms with Crippen LogP contribution in [-0.4, -0.2) is 11.3 Å². The summed E-state index contributed by atoms with van der Waals surface area (Å²) in [4.78, 5) is 13.5. The van der Waals surface area contributed by atoms with Crippen LogP contribution in [0, 0.1) is 11.3 Å². The highest BCUT2D eigenvalue weighted by molar-refractivity contribution is 5.32. The smallest absolute Gasteiger partial charge is 0.404 e. The first-order valence-corrected chi connectivity index (χ1v) is 4.45. The van der Waals surface area contributed by atoms with Gasteiger partial charge in [0.05, 0.1) is 18.2 Å². The van der Waals surface area contributed by atoms with Crippen LogP contribution in [0.15, 0.2) is 10.9 Å². The summed E-state index contributed by atoms with van der Waals surface area (Å²) in [5, 5.41) is 8.40. The fourth-order valence-electron chi connectivity index (χ4n) is 1.17. The van der Waals surface area contributed by atoms with Crippen LogP contribution in [0.5, 0.6) is 5.75 Å². The van der Waals surface area contributed by atoms with E-state index in [0.29, 0.717) is 0 Å². The van der Waals surface area contributed by atoms with Gasteiger partial charge in [0.15, 0.2) is 5.75 Å². The number of alkyl halides is 3. The van der Waals surface area contributed by atoms with E-state index in [9.17, 15) is 18.0 Å². The topological polar surface area (TPSA) is 91.9 Å². The van der Waals surface area contributed by atoms with Crippen molar-refractivity contribution in [2.24, 2.45) is 5.73 Å². The van der Waals surface area contributed by atoms with E-state index in [-0.39, 0.29) is 24.2 Å². The fraction of sp³-hybridized carbons (Fsp3) is 0.333. The fourth-order valence-corrected chi connectivity index (χ4v) is 1.17. The molecule has 1 aromatic heterocycles. The molecule has 0 amide bonds. The molecule has 17 heavy (non-hydrogen) atoms. The molecule has 0 spiro atoms. The molecule has 1 aromatic rings. The third-order valence-electron chi connectivity index (χ3n) is 1.86. The Hall–Kier alpha value is -2.01. The van der Waals surface area contributed by atoms with Gasteiger partial charge in [-0.1, -0.05) is 0 Å². The van der Waals surface area contributed by atoms with Crippen molar-refractivity contribution >= 4 is 0 Å². The number of nitrogens with one attached hydrogen (secondary N) is 1. The van der Waals surface area contributed by atoms with E-state index < -0.39 is 17.7 Å². The zero-order valence-electron chi connectivity index (χ0n) is 8.47. The van der Waals surface area contributed by atoms with Gasteiger partial charge in [0.1, 0.15) is 0 Å². The van der Waals surface area contributed by atoms with E-state index >= 15 is 0 Å². The SMILES string of the molecule is N#CCc1cc(OC(F)(F)F)c(CN)[nH]c1=O. The molecule has 0 unspecified atom stereocenters. The molecule has 92 valence electrons. The monoisotopic (exact) mass is 247 g/mol. The van der Waals surface area contributed by atoms with Crippen LogP contribution >= 0.6 is 0 Å². The third-order valence-corrected chi connectivity index (χ3v) is 1.86. The zero-order valence-corrected chi connectivity index (χ0v) is 8.47. The van der Waals surface area contributed by atoms with Gasteiger partial charge in [-0.05, 0) is 6.07 Å². The first-order valence-electron chi connectivity index (χ1n) is 4.45. The lowest BCUT2D eigenvalue weighted by Gasteiger charge is -2.12. The number of ether oxygens (including phenoxy) is 1. The standard InChI is InChI=1S/C9H8F3N3O2/c10-9(11,12)17-7-3-5(1-2-13)8(16)15-6(7)4-14/h3H,1,4,14H2,(H,15,16). The Morgan fingerprint density at radius 1 is 1.53 bits per heavy atom. The quantitative estimate of drug-likeness (QED) is 0.826. The molecular formula is C9H8F3N3O2. The van der Waals surface area contributed by atoms with Crippen LogP contribution < -0.4 is 16.0 Å².